The lowest BCUT2D eigenvalue weighted by Crippen LogP contribution is -2.20. The Kier molecular flexibility index (Phi) is 3.31. The molecule has 1 amide bonds. The Labute approximate surface area is 81.6 Å². The van der Waals surface area contributed by atoms with E-state index in [1.165, 1.54) is 12.1 Å². The van der Waals surface area contributed by atoms with Crippen LogP contribution in [0, 0.1) is 5.82 Å². The molecule has 1 N–H and O–H groups in total. The highest BCUT2D eigenvalue weighted by atomic mass is 32.1. The smallest absolute Gasteiger partial charge is 0.237 e. The van der Waals surface area contributed by atoms with Crippen LogP contribution in [0.25, 0.3) is 0 Å². The highest BCUT2D eigenvalue weighted by molar-refractivity contribution is 7.81. The van der Waals surface area contributed by atoms with Gasteiger partial charge in [0.25, 0.3) is 0 Å². The summed E-state index contributed by atoms with van der Waals surface area (Å²) < 4.78 is 13.0. The molecule has 1 unspecified atom stereocenters. The number of nitrogens with one attached hydrogen (secondary N) is 1. The van der Waals surface area contributed by atoms with Crippen molar-refractivity contribution >= 4 is 24.2 Å². The molecule has 0 aliphatic rings. The number of para-hydroxylation sites is 1. The van der Waals surface area contributed by atoms with Gasteiger partial charge in [0, 0.05) is 0 Å². The number of benzene rings is 1. The fourth-order valence-electron chi connectivity index (χ4n) is 0.800. The predicted molar refractivity (Wildman–Crippen MR) is 53.5 cm³/mol. The second kappa shape index (κ2) is 4.28. The van der Waals surface area contributed by atoms with E-state index in [0.29, 0.717) is 0 Å². The number of hydrogen-bond donors (Lipinski definition) is 2. The number of carbonyl (C=O) groups is 1. The number of amides is 1. The summed E-state index contributed by atoms with van der Waals surface area (Å²) in [6, 6.07) is 6.01. The van der Waals surface area contributed by atoms with Gasteiger partial charge in [0.15, 0.2) is 0 Å². The fraction of sp³-hybridized carbons (Fsp3) is 0.222. The number of anilines is 1. The summed E-state index contributed by atoms with van der Waals surface area (Å²) in [6.45, 7) is 1.62. The van der Waals surface area contributed by atoms with Gasteiger partial charge in [-0.2, -0.15) is 12.6 Å². The minimum absolute atomic E-state index is 0.188. The molecule has 2 nitrogen and oxygen atoms in total. The van der Waals surface area contributed by atoms with Crippen LogP contribution in [0.5, 0.6) is 0 Å². The molecule has 0 radical (unpaired) electrons. The van der Waals surface area contributed by atoms with Crippen LogP contribution >= 0.6 is 12.6 Å². The van der Waals surface area contributed by atoms with E-state index < -0.39 is 11.1 Å². The standard InChI is InChI=1S/C9H10FNOS/c1-6(13)9(12)11-8-5-3-2-4-7(8)10/h2-6,13H,1H3,(H,11,12). The number of thiol groups is 1. The Hall–Kier alpha value is -1.03. The van der Waals surface area contributed by atoms with Gasteiger partial charge in [-0.05, 0) is 19.1 Å². The average Bonchev–Trinajstić information content (AvgIpc) is 2.08. The highest BCUT2D eigenvalue weighted by Gasteiger charge is 2.09. The molecule has 0 aromatic heterocycles. The van der Waals surface area contributed by atoms with Crippen molar-refractivity contribution in [1.82, 2.24) is 0 Å². The Morgan fingerprint density at radius 2 is 2.15 bits per heavy atom. The van der Waals surface area contributed by atoms with Crippen molar-refractivity contribution in [2.45, 2.75) is 12.2 Å². The molecule has 0 saturated carbocycles. The van der Waals surface area contributed by atoms with Crippen LogP contribution < -0.4 is 5.32 Å². The van der Waals surface area contributed by atoms with Gasteiger partial charge >= 0.3 is 0 Å². The lowest BCUT2D eigenvalue weighted by Gasteiger charge is -2.07. The Morgan fingerprint density at radius 3 is 2.69 bits per heavy atom. The monoisotopic (exact) mass is 199 g/mol. The molecule has 0 aliphatic heterocycles. The molecule has 4 heteroatoms. The summed E-state index contributed by atoms with van der Waals surface area (Å²) in [6.07, 6.45) is 0. The zero-order chi connectivity index (χ0) is 9.84. The molecular weight excluding hydrogens is 189 g/mol. The summed E-state index contributed by atoms with van der Waals surface area (Å²) in [5, 5.41) is 1.97. The van der Waals surface area contributed by atoms with E-state index in [2.05, 4.69) is 17.9 Å². The minimum atomic E-state index is -0.445. The molecule has 0 heterocycles. The van der Waals surface area contributed by atoms with E-state index in [9.17, 15) is 9.18 Å². The topological polar surface area (TPSA) is 29.1 Å². The van der Waals surface area contributed by atoms with Crippen LogP contribution in [-0.4, -0.2) is 11.2 Å². The molecule has 1 aromatic rings. The highest BCUT2D eigenvalue weighted by Crippen LogP contribution is 2.13. The maximum Gasteiger partial charge on any atom is 0.237 e. The van der Waals surface area contributed by atoms with Crippen molar-refractivity contribution in [2.75, 3.05) is 5.32 Å². The molecular formula is C9H10FNOS. The zero-order valence-corrected chi connectivity index (χ0v) is 8.01. The average molecular weight is 199 g/mol. The van der Waals surface area contributed by atoms with Gasteiger partial charge in [0.2, 0.25) is 5.91 Å². The van der Waals surface area contributed by atoms with Crippen LogP contribution in [-0.2, 0) is 4.79 Å². The fourth-order valence-corrected chi connectivity index (χ4v) is 0.864. The maximum absolute atomic E-state index is 13.0. The molecule has 1 rings (SSSR count). The molecule has 1 aromatic carbocycles. The van der Waals surface area contributed by atoms with E-state index in [4.69, 9.17) is 0 Å². The van der Waals surface area contributed by atoms with Crippen LogP contribution in [0.2, 0.25) is 0 Å². The summed E-state index contributed by atoms with van der Waals surface area (Å²) in [5.41, 5.74) is 0.188. The SMILES string of the molecule is CC(S)C(=O)Nc1ccccc1F. The number of rotatable bonds is 2. The first-order valence-corrected chi connectivity index (χ1v) is 4.36. The van der Waals surface area contributed by atoms with Crippen molar-refractivity contribution in [3.63, 3.8) is 0 Å². The minimum Gasteiger partial charge on any atom is -0.323 e. The summed E-state index contributed by atoms with van der Waals surface area (Å²) >= 11 is 3.92. The summed E-state index contributed by atoms with van der Waals surface area (Å²) in [7, 11) is 0. The number of hydrogen-bond acceptors (Lipinski definition) is 2. The van der Waals surface area contributed by atoms with Gasteiger partial charge in [0.05, 0.1) is 10.9 Å². The van der Waals surface area contributed by atoms with Crippen LogP contribution in [0.15, 0.2) is 24.3 Å². The normalized spacial score (nSPS) is 12.2. The Morgan fingerprint density at radius 1 is 1.54 bits per heavy atom. The van der Waals surface area contributed by atoms with E-state index in [1.807, 2.05) is 0 Å². The molecule has 70 valence electrons. The van der Waals surface area contributed by atoms with Crippen molar-refractivity contribution in [1.29, 1.82) is 0 Å². The van der Waals surface area contributed by atoms with Gasteiger partial charge in [-0.25, -0.2) is 4.39 Å². The van der Waals surface area contributed by atoms with E-state index >= 15 is 0 Å². The summed E-state index contributed by atoms with van der Waals surface area (Å²) in [4.78, 5) is 11.1. The van der Waals surface area contributed by atoms with Crippen LogP contribution in [0.1, 0.15) is 6.92 Å². The molecule has 0 bridgehead atoms. The molecule has 0 aliphatic carbocycles. The third kappa shape index (κ3) is 2.73. The lowest BCUT2D eigenvalue weighted by atomic mass is 10.3. The number of halogens is 1. The lowest BCUT2D eigenvalue weighted by molar-refractivity contribution is -0.115. The first-order valence-electron chi connectivity index (χ1n) is 3.84. The van der Waals surface area contributed by atoms with Gasteiger partial charge in [-0.3, -0.25) is 4.79 Å². The van der Waals surface area contributed by atoms with Gasteiger partial charge in [-0.1, -0.05) is 12.1 Å². The largest absolute Gasteiger partial charge is 0.323 e. The Bertz CT molecular complexity index is 314. The van der Waals surface area contributed by atoms with Crippen molar-refractivity contribution in [3.05, 3.63) is 30.1 Å². The number of carbonyl (C=O) groups excluding carboxylic acids is 1. The third-order valence-corrected chi connectivity index (χ3v) is 1.75. The van der Waals surface area contributed by atoms with Crippen LogP contribution in [0.4, 0.5) is 10.1 Å². The summed E-state index contributed by atoms with van der Waals surface area (Å²) in [5.74, 6) is -0.752. The first kappa shape index (κ1) is 10.1. The Balaban J connectivity index is 2.75. The molecule has 13 heavy (non-hydrogen) atoms. The zero-order valence-electron chi connectivity index (χ0n) is 7.12. The molecule has 0 saturated heterocycles. The third-order valence-electron chi connectivity index (χ3n) is 1.51. The maximum atomic E-state index is 13.0. The predicted octanol–water partition coefficient (Wildman–Crippen LogP) is 2.08. The van der Waals surface area contributed by atoms with Gasteiger partial charge in [0.1, 0.15) is 5.82 Å². The molecule has 0 spiro atoms. The van der Waals surface area contributed by atoms with E-state index in [1.54, 1.807) is 19.1 Å². The van der Waals surface area contributed by atoms with E-state index in [0.717, 1.165) is 0 Å². The van der Waals surface area contributed by atoms with Crippen molar-refractivity contribution in [2.24, 2.45) is 0 Å². The van der Waals surface area contributed by atoms with Gasteiger partial charge < -0.3 is 5.32 Å². The van der Waals surface area contributed by atoms with E-state index in [-0.39, 0.29) is 11.6 Å². The quantitative estimate of drug-likeness (QED) is 0.701. The second-order valence-corrected chi connectivity index (χ2v) is 3.42. The van der Waals surface area contributed by atoms with Crippen molar-refractivity contribution < 1.29 is 9.18 Å². The second-order valence-electron chi connectivity index (χ2n) is 2.65. The first-order chi connectivity index (χ1) is 6.11. The molecule has 0 fully saturated rings. The van der Waals surface area contributed by atoms with Gasteiger partial charge in [-0.15, -0.1) is 0 Å². The molecule has 1 atom stereocenters. The van der Waals surface area contributed by atoms with Crippen molar-refractivity contribution in [3.8, 4) is 0 Å². The van der Waals surface area contributed by atoms with Crippen LogP contribution in [0.3, 0.4) is 0 Å².